The minimum atomic E-state index is -0.340. The van der Waals surface area contributed by atoms with Gasteiger partial charge in [-0.25, -0.2) is 4.98 Å². The highest BCUT2D eigenvalue weighted by Gasteiger charge is 2.34. The van der Waals surface area contributed by atoms with E-state index in [1.54, 1.807) is 6.07 Å². The zero-order valence-corrected chi connectivity index (χ0v) is 16.9. The molecule has 2 amide bonds. The van der Waals surface area contributed by atoms with Crippen molar-refractivity contribution in [2.24, 2.45) is 5.92 Å². The summed E-state index contributed by atoms with van der Waals surface area (Å²) in [4.78, 5) is 29.4. The minimum absolute atomic E-state index is 0.0619. The van der Waals surface area contributed by atoms with E-state index in [4.69, 9.17) is 9.84 Å². The fourth-order valence-corrected chi connectivity index (χ4v) is 3.13. The monoisotopic (exact) mass is 397 g/mol. The third-order valence-electron chi connectivity index (χ3n) is 5.15. The molecule has 0 aliphatic heterocycles. The lowest BCUT2D eigenvalue weighted by atomic mass is 9.95. The summed E-state index contributed by atoms with van der Waals surface area (Å²) in [6.07, 6.45) is 0.975. The van der Waals surface area contributed by atoms with Crippen molar-refractivity contribution in [2.75, 3.05) is 20.3 Å². The van der Waals surface area contributed by atoms with Crippen molar-refractivity contribution >= 4 is 11.8 Å². The normalized spacial score (nSPS) is 18.6. The largest absolute Gasteiger partial charge is 0.491 e. The smallest absolute Gasteiger partial charge is 0.269 e. The number of hydrogen-bond donors (Lipinski definition) is 3. The molecule has 0 unspecified atom stereocenters. The van der Waals surface area contributed by atoms with Crippen molar-refractivity contribution in [3.8, 4) is 5.75 Å². The van der Waals surface area contributed by atoms with Crippen LogP contribution < -0.4 is 15.4 Å². The Labute approximate surface area is 170 Å². The van der Waals surface area contributed by atoms with Gasteiger partial charge in [0.05, 0.1) is 6.61 Å². The van der Waals surface area contributed by atoms with Crippen LogP contribution in [0.25, 0.3) is 0 Å². The Bertz CT molecular complexity index is 899. The topological polar surface area (TPSA) is 101 Å². The number of benzene rings is 1. The molecule has 3 N–H and O–H groups in total. The van der Waals surface area contributed by atoms with E-state index in [0.29, 0.717) is 22.9 Å². The maximum absolute atomic E-state index is 12.7. The molecule has 1 saturated carbocycles. The molecule has 1 heterocycles. The molecule has 0 spiro atoms. The van der Waals surface area contributed by atoms with Crippen molar-refractivity contribution < 1.29 is 19.4 Å². The highest BCUT2D eigenvalue weighted by molar-refractivity contribution is 5.98. The number of aliphatic hydroxyl groups is 1. The van der Waals surface area contributed by atoms with E-state index in [9.17, 15) is 9.59 Å². The van der Waals surface area contributed by atoms with E-state index >= 15 is 0 Å². The second-order valence-corrected chi connectivity index (χ2v) is 7.40. The average molecular weight is 397 g/mol. The van der Waals surface area contributed by atoms with Crippen LogP contribution in [-0.4, -0.2) is 48.2 Å². The first-order valence-electron chi connectivity index (χ1n) is 9.81. The third-order valence-corrected chi connectivity index (χ3v) is 5.15. The van der Waals surface area contributed by atoms with Gasteiger partial charge >= 0.3 is 0 Å². The van der Waals surface area contributed by atoms with E-state index < -0.39 is 0 Å². The van der Waals surface area contributed by atoms with Gasteiger partial charge in [0.1, 0.15) is 18.1 Å². The molecule has 3 rings (SSSR count). The molecule has 0 bridgehead atoms. The van der Waals surface area contributed by atoms with Crippen LogP contribution in [0.15, 0.2) is 36.4 Å². The number of aromatic nitrogens is 1. The van der Waals surface area contributed by atoms with Crippen LogP contribution in [0, 0.1) is 5.92 Å². The number of aliphatic hydroxyl groups excluding tert-OH is 1. The standard InChI is InChI=1S/C22H27N3O4/c1-13-9-18(13)25-21(27)16-11-19(24-20(12-16)22(28)23-3)14(2)15-5-4-6-17(10-15)29-8-7-26/h4-6,10-14,18,26H,7-9H2,1-3H3,(H,23,28)(H,25,27)/t13-,14-,18-/m0/s1. The number of carbonyl (C=O) groups excluding carboxylic acids is 2. The Morgan fingerprint density at radius 2 is 2.03 bits per heavy atom. The second-order valence-electron chi connectivity index (χ2n) is 7.40. The maximum Gasteiger partial charge on any atom is 0.269 e. The van der Waals surface area contributed by atoms with E-state index in [0.717, 1.165) is 12.0 Å². The minimum Gasteiger partial charge on any atom is -0.491 e. The number of carbonyl (C=O) groups is 2. The van der Waals surface area contributed by atoms with Gasteiger partial charge in [-0.3, -0.25) is 9.59 Å². The van der Waals surface area contributed by atoms with Gasteiger partial charge in [-0.1, -0.05) is 26.0 Å². The summed E-state index contributed by atoms with van der Waals surface area (Å²) in [5.74, 6) is 0.433. The van der Waals surface area contributed by atoms with Gasteiger partial charge in [0.25, 0.3) is 11.8 Å². The third kappa shape index (κ3) is 5.12. The number of nitrogens with zero attached hydrogens (tertiary/aromatic N) is 1. The van der Waals surface area contributed by atoms with Crippen molar-refractivity contribution in [3.05, 3.63) is 58.9 Å². The van der Waals surface area contributed by atoms with Crippen LogP contribution in [0.4, 0.5) is 0 Å². The Morgan fingerprint density at radius 1 is 1.28 bits per heavy atom. The first-order chi connectivity index (χ1) is 13.9. The van der Waals surface area contributed by atoms with E-state index in [2.05, 4.69) is 22.5 Å². The van der Waals surface area contributed by atoms with Gasteiger partial charge in [-0.15, -0.1) is 0 Å². The summed E-state index contributed by atoms with van der Waals surface area (Å²) in [7, 11) is 1.54. The first-order valence-corrected chi connectivity index (χ1v) is 9.81. The van der Waals surface area contributed by atoms with Crippen molar-refractivity contribution in [3.63, 3.8) is 0 Å². The molecular formula is C22H27N3O4. The molecule has 7 heteroatoms. The molecule has 1 aromatic heterocycles. The molecule has 1 aliphatic rings. The summed E-state index contributed by atoms with van der Waals surface area (Å²) in [6, 6.07) is 11.0. The number of rotatable bonds is 8. The van der Waals surface area contributed by atoms with Crippen molar-refractivity contribution in [1.82, 2.24) is 15.6 Å². The average Bonchev–Trinajstić information content (AvgIpc) is 3.44. The Kier molecular flexibility index (Phi) is 6.49. The lowest BCUT2D eigenvalue weighted by Gasteiger charge is -2.16. The molecule has 1 aromatic carbocycles. The number of nitrogens with one attached hydrogen (secondary N) is 2. The number of ether oxygens (including phenoxy) is 1. The van der Waals surface area contributed by atoms with Crippen LogP contribution in [-0.2, 0) is 0 Å². The van der Waals surface area contributed by atoms with Gasteiger partial charge in [0.2, 0.25) is 0 Å². The van der Waals surface area contributed by atoms with E-state index in [1.807, 2.05) is 31.2 Å². The molecule has 1 aliphatic carbocycles. The molecule has 154 valence electrons. The highest BCUT2D eigenvalue weighted by atomic mass is 16.5. The number of pyridine rings is 1. The molecule has 2 aromatic rings. The van der Waals surface area contributed by atoms with Crippen LogP contribution in [0.3, 0.4) is 0 Å². The van der Waals surface area contributed by atoms with E-state index in [1.165, 1.54) is 13.1 Å². The summed E-state index contributed by atoms with van der Waals surface area (Å²) in [6.45, 7) is 4.21. The predicted octanol–water partition coefficient (Wildman–Crippen LogP) is 2.10. The van der Waals surface area contributed by atoms with E-state index in [-0.39, 0.29) is 42.7 Å². The van der Waals surface area contributed by atoms with Gasteiger partial charge in [-0.2, -0.15) is 0 Å². The molecular weight excluding hydrogens is 370 g/mol. The highest BCUT2D eigenvalue weighted by Crippen LogP contribution is 2.30. The molecule has 29 heavy (non-hydrogen) atoms. The Morgan fingerprint density at radius 3 is 2.69 bits per heavy atom. The fourth-order valence-electron chi connectivity index (χ4n) is 3.13. The molecule has 7 nitrogen and oxygen atoms in total. The fraction of sp³-hybridized carbons (Fsp3) is 0.409. The summed E-state index contributed by atoms with van der Waals surface area (Å²) in [5.41, 5.74) is 2.19. The van der Waals surface area contributed by atoms with Gasteiger partial charge < -0.3 is 20.5 Å². The number of amides is 2. The molecule has 0 saturated heterocycles. The van der Waals surface area contributed by atoms with Gasteiger partial charge in [-0.05, 0) is 42.2 Å². The summed E-state index contributed by atoms with van der Waals surface area (Å²) in [5, 5.41) is 14.5. The summed E-state index contributed by atoms with van der Waals surface area (Å²) >= 11 is 0. The lowest BCUT2D eigenvalue weighted by molar-refractivity contribution is 0.0949. The first kappa shape index (κ1) is 20.8. The molecule has 3 atom stereocenters. The number of hydrogen-bond acceptors (Lipinski definition) is 5. The Hall–Kier alpha value is -2.93. The van der Waals surface area contributed by atoms with Crippen LogP contribution >= 0.6 is 0 Å². The van der Waals surface area contributed by atoms with Crippen molar-refractivity contribution in [2.45, 2.75) is 32.2 Å². The zero-order chi connectivity index (χ0) is 21.0. The molecule has 0 radical (unpaired) electrons. The van der Waals surface area contributed by atoms with Crippen LogP contribution in [0.2, 0.25) is 0 Å². The summed E-state index contributed by atoms with van der Waals surface area (Å²) < 4.78 is 5.49. The second kappa shape index (κ2) is 9.05. The van der Waals surface area contributed by atoms with Crippen LogP contribution in [0.5, 0.6) is 5.75 Å². The maximum atomic E-state index is 12.7. The van der Waals surface area contributed by atoms with Crippen molar-refractivity contribution in [1.29, 1.82) is 0 Å². The quantitative estimate of drug-likeness (QED) is 0.633. The Balaban J connectivity index is 1.91. The zero-order valence-electron chi connectivity index (χ0n) is 16.9. The SMILES string of the molecule is CNC(=O)c1cc(C(=O)N[C@H]2C[C@@H]2C)cc([C@@H](C)c2cccc(OCCO)c2)n1. The predicted molar refractivity (Wildman–Crippen MR) is 109 cm³/mol. The van der Waals surface area contributed by atoms with Gasteiger partial charge in [0, 0.05) is 30.3 Å². The van der Waals surface area contributed by atoms with Gasteiger partial charge in [0.15, 0.2) is 0 Å². The molecule has 1 fully saturated rings. The van der Waals surface area contributed by atoms with Crippen LogP contribution in [0.1, 0.15) is 58.3 Å². The lowest BCUT2D eigenvalue weighted by Crippen LogP contribution is -2.28.